The Morgan fingerprint density at radius 3 is 2.33 bits per heavy atom. The molecule has 1 fully saturated rings. The van der Waals surface area contributed by atoms with Crippen molar-refractivity contribution in [2.75, 3.05) is 64.9 Å². The summed E-state index contributed by atoms with van der Waals surface area (Å²) in [7, 11) is 1.51. The number of methoxy groups -OCH3 is 1. The number of hydrogen-bond acceptors (Lipinski definition) is 17. The van der Waals surface area contributed by atoms with E-state index in [1.165, 1.54) is 27.9 Å². The number of anilines is 1. The van der Waals surface area contributed by atoms with E-state index < -0.39 is 82.7 Å². The fourth-order valence-corrected chi connectivity index (χ4v) is 11.3. The number of carbonyl (C=O) groups is 3. The van der Waals surface area contributed by atoms with Crippen molar-refractivity contribution in [2.45, 2.75) is 131 Å². The largest absolute Gasteiger partial charge is 0.505 e. The normalized spacial score (nSPS) is 28.0. The number of benzene rings is 3. The average molecular weight is 1040 g/mol. The van der Waals surface area contributed by atoms with Gasteiger partial charge in [-0.2, -0.15) is 0 Å². The van der Waals surface area contributed by atoms with E-state index >= 15 is 4.79 Å². The molecule has 0 saturated carbocycles. The molecule has 4 N–H and O–H groups in total. The first-order valence-electron chi connectivity index (χ1n) is 26.7. The SMILES string of the molecule is CO[C@H]1CCO[C@@]2(C)Oc3c(C)c(=O)c4c(O)c(c5oc6cccc(OCCCCN7CCN(CCn8ccnc8)CC7)c6nc5c4c3C2=O)NC(=O)[C@H](C)CCC[C@H](C)[C@H](O)[C@@H](C)[C@@H](O)[C@@H](C)[C@H](OC(C)=O)[C@@H]1C. The molecule has 10 atom stereocenters. The molecule has 5 heterocycles. The molecule has 0 unspecified atom stereocenters. The zero-order valence-corrected chi connectivity index (χ0v) is 44.9. The molecule has 19 nitrogen and oxygen atoms in total. The molecule has 5 aromatic rings. The molecule has 8 rings (SSSR count). The minimum absolute atomic E-state index is 0.0144. The number of aromatic nitrogens is 3. The number of hydrogen-bond donors (Lipinski definition) is 4. The molecule has 3 aliphatic rings. The minimum atomic E-state index is -1.97. The van der Waals surface area contributed by atoms with Crippen LogP contribution in [0.4, 0.5) is 5.69 Å². The third-order valence-electron chi connectivity index (χ3n) is 16.1. The number of rotatable bonds is 11. The van der Waals surface area contributed by atoms with Crippen molar-refractivity contribution in [3.63, 3.8) is 0 Å². The molecule has 0 radical (unpaired) electrons. The Kier molecular flexibility index (Phi) is 17.5. The molecule has 408 valence electrons. The lowest BCUT2D eigenvalue weighted by Gasteiger charge is -2.39. The van der Waals surface area contributed by atoms with Crippen LogP contribution < -0.4 is 20.2 Å². The molecule has 0 spiro atoms. The predicted octanol–water partition coefficient (Wildman–Crippen LogP) is 6.85. The molecule has 75 heavy (non-hydrogen) atoms. The zero-order chi connectivity index (χ0) is 53.9. The first kappa shape index (κ1) is 55.5. The van der Waals surface area contributed by atoms with Gasteiger partial charge in [-0.1, -0.05) is 47.1 Å². The van der Waals surface area contributed by atoms with Crippen LogP contribution in [-0.2, 0) is 30.3 Å². The quantitative estimate of drug-likeness (QED) is 0.0348. The molecular weight excluding hydrogens is 965 g/mol. The number of aromatic hydroxyl groups is 1. The van der Waals surface area contributed by atoms with Crippen LogP contribution in [0.1, 0.15) is 103 Å². The minimum Gasteiger partial charge on any atom is -0.505 e. The predicted molar refractivity (Wildman–Crippen MR) is 282 cm³/mol. The van der Waals surface area contributed by atoms with E-state index in [1.807, 2.05) is 26.4 Å². The summed E-state index contributed by atoms with van der Waals surface area (Å²) in [4.78, 5) is 70.5. The molecular formula is C56H76N6O13. The number of phenols is 1. The van der Waals surface area contributed by atoms with Gasteiger partial charge in [0.15, 0.2) is 22.3 Å². The van der Waals surface area contributed by atoms with Gasteiger partial charge < -0.3 is 58.2 Å². The van der Waals surface area contributed by atoms with E-state index in [-0.39, 0.29) is 69.0 Å². The average Bonchev–Trinajstić information content (AvgIpc) is 4.06. The number of imidazole rings is 1. The number of ether oxygens (including phenoxy) is 5. The lowest BCUT2D eigenvalue weighted by Crippen LogP contribution is -2.47. The van der Waals surface area contributed by atoms with Crippen molar-refractivity contribution in [1.82, 2.24) is 24.3 Å². The number of piperazine rings is 1. The van der Waals surface area contributed by atoms with Crippen LogP contribution in [0.25, 0.3) is 33.0 Å². The van der Waals surface area contributed by atoms with Crippen LogP contribution >= 0.6 is 0 Å². The van der Waals surface area contributed by atoms with Gasteiger partial charge in [-0.15, -0.1) is 0 Å². The summed E-state index contributed by atoms with van der Waals surface area (Å²) in [6, 6.07) is 5.22. The van der Waals surface area contributed by atoms with Crippen LogP contribution in [0.2, 0.25) is 0 Å². The van der Waals surface area contributed by atoms with Crippen molar-refractivity contribution in [3.8, 4) is 17.2 Å². The number of aliphatic hydroxyl groups is 2. The second-order valence-electron chi connectivity index (χ2n) is 21.4. The molecule has 3 aliphatic heterocycles. The standard InChI is InChI=1S/C56H76N6O13/c1-31-14-12-15-32(2)55(69)59-46-50(67)42-41(45-53(46)74-40-17-13-16-39(44(40)58-45)71-28-11-10-20-60-22-24-61(25-23-60)26-27-62-21-19-57-30-62)43-52(36(6)49(42)66)75-56(8,54(43)68)72-29-18-38(70-9)33(3)51(73-37(7)63)35(5)48(65)34(4)47(31)64/h13,16-17,19,21,30-35,38,47-48,51,64-65,67H,10-12,14-15,18,20,22-29H2,1-9H3,(H,59,69)/t31-,32+,33+,34+,35+,38-,47-,48+,51+,56-/m0/s1. The number of amides is 1. The van der Waals surface area contributed by atoms with Gasteiger partial charge in [0.25, 0.3) is 5.79 Å². The van der Waals surface area contributed by atoms with Gasteiger partial charge >= 0.3 is 5.97 Å². The number of Topliss-reactive ketones (excluding diaryl/α,β-unsaturated/α-hetero) is 1. The lowest BCUT2D eigenvalue weighted by molar-refractivity contribution is -0.164. The van der Waals surface area contributed by atoms with Crippen molar-refractivity contribution < 1.29 is 57.8 Å². The van der Waals surface area contributed by atoms with E-state index in [4.69, 9.17) is 33.1 Å². The number of para-hydroxylation sites is 1. The summed E-state index contributed by atoms with van der Waals surface area (Å²) in [5.74, 6) is -6.52. The number of unbranched alkanes of at least 4 members (excludes halogenated alkanes) is 1. The maximum absolute atomic E-state index is 15.0. The Morgan fingerprint density at radius 1 is 0.907 bits per heavy atom. The van der Waals surface area contributed by atoms with Crippen LogP contribution in [0.3, 0.4) is 0 Å². The maximum Gasteiger partial charge on any atom is 0.302 e. The van der Waals surface area contributed by atoms with Gasteiger partial charge in [0, 0.05) is 107 Å². The fraction of sp³-hybridized carbons (Fsp3) is 0.607. The third-order valence-corrected chi connectivity index (χ3v) is 16.1. The highest BCUT2D eigenvalue weighted by Gasteiger charge is 2.49. The van der Waals surface area contributed by atoms with Crippen molar-refractivity contribution in [1.29, 1.82) is 0 Å². The van der Waals surface area contributed by atoms with Crippen molar-refractivity contribution in [2.24, 2.45) is 29.6 Å². The Bertz CT molecular complexity index is 2900. The first-order valence-corrected chi connectivity index (χ1v) is 26.7. The van der Waals surface area contributed by atoms with E-state index in [2.05, 4.69) is 24.7 Å². The van der Waals surface area contributed by atoms with E-state index in [1.54, 1.807) is 45.2 Å². The number of nitrogens with zero attached hydrogens (tertiary/aromatic N) is 5. The maximum atomic E-state index is 15.0. The van der Waals surface area contributed by atoms with Gasteiger partial charge in [-0.3, -0.25) is 24.1 Å². The summed E-state index contributed by atoms with van der Waals surface area (Å²) in [5.41, 5.74) is -0.352. The van der Waals surface area contributed by atoms with Gasteiger partial charge in [0.05, 0.1) is 48.8 Å². The summed E-state index contributed by atoms with van der Waals surface area (Å²) in [6.45, 7) is 20.4. The molecule has 19 heteroatoms. The second kappa shape index (κ2) is 23.7. The summed E-state index contributed by atoms with van der Waals surface area (Å²) < 4.78 is 39.6. The Hall–Kier alpha value is -5.70. The topological polar surface area (TPSA) is 237 Å². The van der Waals surface area contributed by atoms with Crippen LogP contribution in [0.15, 0.2) is 46.1 Å². The molecule has 0 aliphatic carbocycles. The fourth-order valence-electron chi connectivity index (χ4n) is 11.3. The number of esters is 1. The van der Waals surface area contributed by atoms with E-state index in [9.17, 15) is 29.7 Å². The van der Waals surface area contributed by atoms with Crippen molar-refractivity contribution >= 4 is 56.3 Å². The molecule has 1 amide bonds. The smallest absolute Gasteiger partial charge is 0.302 e. The number of ketones is 1. The lowest BCUT2D eigenvalue weighted by atomic mass is 9.77. The van der Waals surface area contributed by atoms with Gasteiger partial charge in [-0.25, -0.2) is 9.97 Å². The Balaban J connectivity index is 1.12. The molecule has 1 saturated heterocycles. The zero-order valence-electron chi connectivity index (χ0n) is 44.9. The number of nitrogens with one attached hydrogen (secondary N) is 1. The molecule has 4 bridgehead atoms. The second-order valence-corrected chi connectivity index (χ2v) is 21.4. The monoisotopic (exact) mass is 1040 g/mol. The van der Waals surface area contributed by atoms with Gasteiger partial charge in [0.1, 0.15) is 34.3 Å². The number of phenolic OH excluding ortho intramolecular Hbond substituents is 1. The van der Waals surface area contributed by atoms with Gasteiger partial charge in [0.2, 0.25) is 11.7 Å². The highest BCUT2D eigenvalue weighted by Crippen LogP contribution is 2.49. The van der Waals surface area contributed by atoms with Crippen LogP contribution in [0.5, 0.6) is 17.2 Å². The van der Waals surface area contributed by atoms with Crippen LogP contribution in [-0.4, -0.2) is 147 Å². The van der Waals surface area contributed by atoms with Crippen LogP contribution in [0, 0.1) is 36.5 Å². The number of carbonyl (C=O) groups excluding carboxylic acids is 3. The number of aliphatic hydroxyl groups excluding tert-OH is 2. The summed E-state index contributed by atoms with van der Waals surface area (Å²) in [5, 5.41) is 38.1. The van der Waals surface area contributed by atoms with Crippen molar-refractivity contribution in [3.05, 3.63) is 58.3 Å². The summed E-state index contributed by atoms with van der Waals surface area (Å²) in [6.07, 6.45) is 5.48. The Labute approximate surface area is 437 Å². The van der Waals surface area contributed by atoms with Gasteiger partial charge in [-0.05, 0) is 63.6 Å². The van der Waals surface area contributed by atoms with E-state index in [0.717, 1.165) is 58.7 Å². The Morgan fingerprint density at radius 2 is 1.64 bits per heavy atom. The first-order chi connectivity index (χ1) is 35.8. The summed E-state index contributed by atoms with van der Waals surface area (Å²) >= 11 is 0. The molecule has 2 aromatic heterocycles. The third kappa shape index (κ3) is 11.7. The highest BCUT2D eigenvalue weighted by molar-refractivity contribution is 6.26. The molecule has 3 aromatic carbocycles. The highest BCUT2D eigenvalue weighted by atomic mass is 16.7. The van der Waals surface area contributed by atoms with E-state index in [0.29, 0.717) is 37.1 Å². The number of fused-ring (bicyclic) bond motifs is 2.